The second-order valence-corrected chi connectivity index (χ2v) is 7.21. The first-order valence-corrected chi connectivity index (χ1v) is 9.68. The minimum Gasteiger partial charge on any atom is -0.394 e. The summed E-state index contributed by atoms with van der Waals surface area (Å²) in [5, 5.41) is 52.7. The number of amides is 1. The number of hydrogen-bond donors (Lipinski definition) is 3. The van der Waals surface area contributed by atoms with Crippen molar-refractivity contribution in [2.24, 2.45) is 0 Å². The average molecular weight is 459 g/mol. The molecule has 0 fully saturated rings. The van der Waals surface area contributed by atoms with Crippen LogP contribution in [0.4, 0.5) is 11.4 Å². The third-order valence-electron chi connectivity index (χ3n) is 5.02. The van der Waals surface area contributed by atoms with Gasteiger partial charge in [0, 0.05) is 18.3 Å². The second kappa shape index (κ2) is 9.54. The third-order valence-corrected chi connectivity index (χ3v) is 5.02. The lowest BCUT2D eigenvalue weighted by Crippen LogP contribution is -2.42. The predicted molar refractivity (Wildman–Crippen MR) is 112 cm³/mol. The molecule has 0 bridgehead atoms. The van der Waals surface area contributed by atoms with Crippen molar-refractivity contribution in [1.29, 1.82) is 0 Å². The molecule has 0 radical (unpaired) electrons. The highest BCUT2D eigenvalue weighted by atomic mass is 16.6. The molecule has 0 saturated carbocycles. The van der Waals surface area contributed by atoms with Crippen LogP contribution in [0.5, 0.6) is 0 Å². The predicted octanol–water partition coefficient (Wildman–Crippen LogP) is 0.843. The van der Waals surface area contributed by atoms with E-state index in [9.17, 15) is 35.2 Å². The lowest BCUT2D eigenvalue weighted by Gasteiger charge is -2.22. The van der Waals surface area contributed by atoms with Crippen LogP contribution < -0.4 is 5.32 Å². The van der Waals surface area contributed by atoms with Gasteiger partial charge in [0.25, 0.3) is 11.6 Å². The first kappa shape index (κ1) is 23.5. The summed E-state index contributed by atoms with van der Waals surface area (Å²) in [6.07, 6.45) is 0.162. The van der Waals surface area contributed by atoms with Crippen LogP contribution in [0.15, 0.2) is 36.5 Å². The van der Waals surface area contributed by atoms with Gasteiger partial charge in [-0.25, -0.2) is 4.68 Å². The highest BCUT2D eigenvalue weighted by Gasteiger charge is 2.25. The Bertz CT molecular complexity index is 1190. The topological polar surface area (TPSA) is 191 Å². The van der Waals surface area contributed by atoms with Crippen molar-refractivity contribution in [2.75, 3.05) is 6.61 Å². The van der Waals surface area contributed by atoms with Crippen molar-refractivity contribution in [1.82, 2.24) is 24.9 Å². The quantitative estimate of drug-likeness (QED) is 0.307. The number of carbonyl (C=O) groups is 1. The zero-order chi connectivity index (χ0) is 24.3. The van der Waals surface area contributed by atoms with E-state index in [1.54, 1.807) is 6.92 Å². The molecule has 14 nitrogen and oxygen atoms in total. The number of nitro groups is 2. The summed E-state index contributed by atoms with van der Waals surface area (Å²) in [6.45, 7) is 2.51. The fourth-order valence-electron chi connectivity index (χ4n) is 3.28. The van der Waals surface area contributed by atoms with Crippen molar-refractivity contribution >= 4 is 17.3 Å². The molecule has 3 N–H and O–H groups in total. The van der Waals surface area contributed by atoms with E-state index in [2.05, 4.69) is 15.5 Å². The summed E-state index contributed by atoms with van der Waals surface area (Å²) in [4.78, 5) is 33.4. The number of benzene rings is 1. The number of rotatable bonds is 9. The van der Waals surface area contributed by atoms with Crippen LogP contribution in [0.25, 0.3) is 0 Å². The Balaban J connectivity index is 1.69. The summed E-state index contributed by atoms with van der Waals surface area (Å²) in [5.74, 6) is -0.673. The number of aromatic nitrogens is 4. The van der Waals surface area contributed by atoms with Gasteiger partial charge in [0.1, 0.15) is 29.9 Å². The van der Waals surface area contributed by atoms with Gasteiger partial charge in [0.2, 0.25) is 0 Å². The van der Waals surface area contributed by atoms with Gasteiger partial charge in [-0.2, -0.15) is 10.2 Å². The molecule has 3 rings (SSSR count). The highest BCUT2D eigenvalue weighted by Crippen LogP contribution is 2.22. The summed E-state index contributed by atoms with van der Waals surface area (Å²) >= 11 is 0. The number of nitrogens with zero attached hydrogens (tertiary/aromatic N) is 6. The van der Waals surface area contributed by atoms with E-state index in [4.69, 9.17) is 0 Å². The van der Waals surface area contributed by atoms with E-state index >= 15 is 0 Å². The molecule has 3 aromatic rings. The minimum atomic E-state index is -1.32. The van der Waals surface area contributed by atoms with Crippen LogP contribution >= 0.6 is 0 Å². The third kappa shape index (κ3) is 5.02. The Morgan fingerprint density at radius 3 is 2.33 bits per heavy atom. The maximum absolute atomic E-state index is 12.6. The van der Waals surface area contributed by atoms with E-state index < -0.39 is 34.5 Å². The lowest BCUT2D eigenvalue weighted by molar-refractivity contribution is -0.386. The number of nitro benzene ring substituents is 1. The van der Waals surface area contributed by atoms with Crippen LogP contribution in [0.3, 0.4) is 0 Å². The number of aryl methyl sites for hydroxylation is 1. The Morgan fingerprint density at radius 1 is 1.12 bits per heavy atom. The highest BCUT2D eigenvalue weighted by molar-refractivity contribution is 5.92. The van der Waals surface area contributed by atoms with Gasteiger partial charge < -0.3 is 15.5 Å². The lowest BCUT2D eigenvalue weighted by atomic mass is 10.0. The van der Waals surface area contributed by atoms with Crippen molar-refractivity contribution in [3.8, 4) is 0 Å². The Labute approximate surface area is 186 Å². The van der Waals surface area contributed by atoms with Crippen molar-refractivity contribution in [3.63, 3.8) is 0 Å². The molecule has 2 aromatic heterocycles. The zero-order valence-corrected chi connectivity index (χ0v) is 17.7. The van der Waals surface area contributed by atoms with Gasteiger partial charge in [0.05, 0.1) is 22.5 Å². The maximum atomic E-state index is 12.6. The van der Waals surface area contributed by atoms with E-state index in [0.29, 0.717) is 5.69 Å². The molecule has 2 heterocycles. The van der Waals surface area contributed by atoms with Gasteiger partial charge in [-0.3, -0.25) is 29.7 Å². The average Bonchev–Trinajstić information content (AvgIpc) is 3.35. The second-order valence-electron chi connectivity index (χ2n) is 7.21. The Hall–Kier alpha value is -4.17. The standard InChI is InChI=1S/C19H21N7O7/c1-11-17(26(32)33)12(2)24(21-11)10-23-8-7-15(22-23)19(29)20-16(9-27)18(28)13-3-5-14(6-4-13)25(30)31/h3-8,16,18,27-28H,9-10H2,1-2H3,(H,20,29). The van der Waals surface area contributed by atoms with Gasteiger partial charge in [0.15, 0.2) is 0 Å². The summed E-state index contributed by atoms with van der Waals surface area (Å²) < 4.78 is 2.75. The van der Waals surface area contributed by atoms with Crippen LogP contribution in [0.2, 0.25) is 0 Å². The number of aliphatic hydroxyl groups is 2. The molecule has 174 valence electrons. The first-order chi connectivity index (χ1) is 15.6. The van der Waals surface area contributed by atoms with Crippen LogP contribution in [0, 0.1) is 34.1 Å². The maximum Gasteiger partial charge on any atom is 0.312 e. The first-order valence-electron chi connectivity index (χ1n) is 9.68. The number of non-ortho nitro benzene ring substituents is 1. The molecule has 33 heavy (non-hydrogen) atoms. The molecule has 0 spiro atoms. The van der Waals surface area contributed by atoms with Gasteiger partial charge in [-0.1, -0.05) is 0 Å². The zero-order valence-electron chi connectivity index (χ0n) is 17.7. The Morgan fingerprint density at radius 2 is 1.79 bits per heavy atom. The molecule has 0 saturated heterocycles. The van der Waals surface area contributed by atoms with E-state index in [1.165, 1.54) is 52.8 Å². The number of aliphatic hydroxyl groups excluding tert-OH is 2. The normalized spacial score (nSPS) is 12.8. The summed E-state index contributed by atoms with van der Waals surface area (Å²) in [7, 11) is 0. The molecule has 0 aliphatic heterocycles. The fourth-order valence-corrected chi connectivity index (χ4v) is 3.28. The molecular weight excluding hydrogens is 438 g/mol. The van der Waals surface area contributed by atoms with Crippen LogP contribution in [-0.4, -0.2) is 58.2 Å². The molecule has 0 aliphatic rings. The molecule has 0 aliphatic carbocycles. The molecular formula is C19H21N7O7. The van der Waals surface area contributed by atoms with E-state index in [1.807, 2.05) is 0 Å². The van der Waals surface area contributed by atoms with Gasteiger partial charge in [-0.05, 0) is 37.6 Å². The molecule has 14 heteroatoms. The molecule has 1 amide bonds. The fraction of sp³-hybridized carbons (Fsp3) is 0.316. The molecule has 2 unspecified atom stereocenters. The largest absolute Gasteiger partial charge is 0.394 e. The van der Waals surface area contributed by atoms with E-state index in [0.717, 1.165) is 0 Å². The van der Waals surface area contributed by atoms with E-state index in [-0.39, 0.29) is 35.0 Å². The number of carbonyl (C=O) groups excluding carboxylic acids is 1. The smallest absolute Gasteiger partial charge is 0.312 e. The van der Waals surface area contributed by atoms with Crippen LogP contribution in [0.1, 0.15) is 33.5 Å². The van der Waals surface area contributed by atoms with Crippen molar-refractivity contribution < 1.29 is 24.9 Å². The molecule has 1 aromatic carbocycles. The summed E-state index contributed by atoms with van der Waals surface area (Å²) in [5.41, 5.74) is 0.608. The summed E-state index contributed by atoms with van der Waals surface area (Å²) in [6, 6.07) is 5.39. The van der Waals surface area contributed by atoms with Crippen molar-refractivity contribution in [2.45, 2.75) is 32.7 Å². The Kier molecular flexibility index (Phi) is 6.79. The van der Waals surface area contributed by atoms with Gasteiger partial charge >= 0.3 is 5.69 Å². The minimum absolute atomic E-state index is 0.0135. The molecule has 2 atom stereocenters. The number of nitrogens with one attached hydrogen (secondary N) is 1. The van der Waals surface area contributed by atoms with Gasteiger partial charge in [-0.15, -0.1) is 0 Å². The monoisotopic (exact) mass is 459 g/mol. The SMILES string of the molecule is Cc1nn(Cn2ccc(C(=O)NC(CO)C(O)c3ccc([N+](=O)[O-])cc3)n2)c(C)c1[N+](=O)[O-]. The van der Waals surface area contributed by atoms with Crippen molar-refractivity contribution in [3.05, 3.63) is 79.4 Å². The number of hydrogen-bond acceptors (Lipinski definition) is 9. The van der Waals surface area contributed by atoms with Crippen LogP contribution in [-0.2, 0) is 6.67 Å².